The van der Waals surface area contributed by atoms with Gasteiger partial charge in [-0.25, -0.2) is 13.1 Å². The van der Waals surface area contributed by atoms with Gasteiger partial charge in [0.2, 0.25) is 10.0 Å². The first-order valence-electron chi connectivity index (χ1n) is 6.43. The minimum Gasteiger partial charge on any atom is -0.493 e. The van der Waals surface area contributed by atoms with Crippen molar-refractivity contribution in [3.63, 3.8) is 0 Å². The molecule has 0 aromatic heterocycles. The van der Waals surface area contributed by atoms with E-state index in [1.165, 1.54) is 0 Å². The van der Waals surface area contributed by atoms with Gasteiger partial charge in [0.25, 0.3) is 0 Å². The second kappa shape index (κ2) is 5.90. The molecule has 0 saturated heterocycles. The summed E-state index contributed by atoms with van der Waals surface area (Å²) < 4.78 is 30.8. The molecular weight excluding hydrogens is 266 g/mol. The molecule has 106 valence electrons. The van der Waals surface area contributed by atoms with Crippen molar-refractivity contribution < 1.29 is 18.3 Å². The van der Waals surface area contributed by atoms with Crippen LogP contribution in [0.3, 0.4) is 0 Å². The average molecular weight is 285 g/mol. The van der Waals surface area contributed by atoms with Crippen LogP contribution in [0.15, 0.2) is 18.2 Å². The molecule has 1 unspecified atom stereocenters. The van der Waals surface area contributed by atoms with Gasteiger partial charge in [0, 0.05) is 13.0 Å². The first kappa shape index (κ1) is 14.3. The fraction of sp³-hybridized carbons (Fsp3) is 0.538. The van der Waals surface area contributed by atoms with E-state index in [-0.39, 0.29) is 12.3 Å². The van der Waals surface area contributed by atoms with E-state index < -0.39 is 16.1 Å². The SMILES string of the molecule is CCCS(=O)(=O)NCC(O)c1ccc2c(c1)CCO2. The molecule has 0 spiro atoms. The number of sulfonamides is 1. The maximum absolute atomic E-state index is 11.5. The number of benzene rings is 1. The van der Waals surface area contributed by atoms with Crippen molar-refractivity contribution in [2.24, 2.45) is 0 Å². The largest absolute Gasteiger partial charge is 0.493 e. The van der Waals surface area contributed by atoms with Crippen LogP contribution >= 0.6 is 0 Å². The van der Waals surface area contributed by atoms with Crippen LogP contribution < -0.4 is 9.46 Å². The van der Waals surface area contributed by atoms with Gasteiger partial charge in [-0.05, 0) is 29.7 Å². The third kappa shape index (κ3) is 3.68. The molecule has 0 aliphatic carbocycles. The molecule has 1 aromatic rings. The zero-order valence-corrected chi connectivity index (χ0v) is 11.7. The van der Waals surface area contributed by atoms with Crippen molar-refractivity contribution in [3.8, 4) is 5.75 Å². The molecule has 0 fully saturated rings. The molecule has 1 aromatic carbocycles. The predicted octanol–water partition coefficient (Wildman–Crippen LogP) is 0.984. The van der Waals surface area contributed by atoms with Gasteiger partial charge in [-0.15, -0.1) is 0 Å². The Hall–Kier alpha value is -1.11. The van der Waals surface area contributed by atoms with Gasteiger partial charge in [0.15, 0.2) is 0 Å². The number of rotatable bonds is 6. The fourth-order valence-corrected chi connectivity index (χ4v) is 3.17. The van der Waals surface area contributed by atoms with Gasteiger partial charge >= 0.3 is 0 Å². The summed E-state index contributed by atoms with van der Waals surface area (Å²) in [6.07, 6.45) is 0.552. The van der Waals surface area contributed by atoms with Crippen molar-refractivity contribution in [2.45, 2.75) is 25.9 Å². The van der Waals surface area contributed by atoms with Crippen LogP contribution in [-0.4, -0.2) is 32.4 Å². The Morgan fingerprint density at radius 2 is 2.26 bits per heavy atom. The molecule has 2 rings (SSSR count). The zero-order valence-electron chi connectivity index (χ0n) is 10.9. The lowest BCUT2D eigenvalue weighted by Crippen LogP contribution is -2.30. The van der Waals surface area contributed by atoms with Crippen LogP contribution in [0.1, 0.15) is 30.6 Å². The molecule has 0 radical (unpaired) electrons. The van der Waals surface area contributed by atoms with E-state index in [0.717, 1.165) is 17.7 Å². The van der Waals surface area contributed by atoms with Gasteiger partial charge in [-0.3, -0.25) is 0 Å². The Balaban J connectivity index is 1.98. The molecule has 0 amide bonds. The maximum atomic E-state index is 11.5. The number of ether oxygens (including phenoxy) is 1. The lowest BCUT2D eigenvalue weighted by Gasteiger charge is -2.13. The van der Waals surface area contributed by atoms with Gasteiger partial charge in [0.05, 0.1) is 18.5 Å². The summed E-state index contributed by atoms with van der Waals surface area (Å²) in [5.74, 6) is 0.931. The Kier molecular flexibility index (Phi) is 4.44. The standard InChI is InChI=1S/C13H19NO4S/c1-2-7-19(16,17)14-9-12(15)10-3-4-13-11(8-10)5-6-18-13/h3-4,8,12,14-15H,2,5-7,9H2,1H3. The van der Waals surface area contributed by atoms with Gasteiger partial charge in [-0.1, -0.05) is 13.0 Å². The van der Waals surface area contributed by atoms with Crippen LogP contribution in [0, 0.1) is 0 Å². The summed E-state index contributed by atoms with van der Waals surface area (Å²) in [7, 11) is -3.28. The highest BCUT2D eigenvalue weighted by Crippen LogP contribution is 2.28. The average Bonchev–Trinajstić information content (AvgIpc) is 2.83. The molecule has 5 nitrogen and oxygen atoms in total. The van der Waals surface area contributed by atoms with E-state index in [4.69, 9.17) is 4.74 Å². The molecule has 1 aliphatic rings. The topological polar surface area (TPSA) is 75.6 Å². The lowest BCUT2D eigenvalue weighted by atomic mass is 10.0. The Morgan fingerprint density at radius 1 is 1.47 bits per heavy atom. The van der Waals surface area contributed by atoms with E-state index in [9.17, 15) is 13.5 Å². The van der Waals surface area contributed by atoms with Crippen molar-refractivity contribution in [1.29, 1.82) is 0 Å². The molecule has 0 bridgehead atoms. The van der Waals surface area contributed by atoms with Crippen LogP contribution in [0.25, 0.3) is 0 Å². The Labute approximate surface area is 113 Å². The number of aliphatic hydroxyl groups is 1. The van der Waals surface area contributed by atoms with Crippen LogP contribution in [-0.2, 0) is 16.4 Å². The van der Waals surface area contributed by atoms with Crippen molar-refractivity contribution in [2.75, 3.05) is 18.9 Å². The van der Waals surface area contributed by atoms with Crippen molar-refractivity contribution >= 4 is 10.0 Å². The summed E-state index contributed by atoms with van der Waals surface area (Å²) in [6.45, 7) is 2.47. The minimum atomic E-state index is -3.28. The second-order valence-corrected chi connectivity index (χ2v) is 6.58. The predicted molar refractivity (Wildman–Crippen MR) is 72.7 cm³/mol. The highest BCUT2D eigenvalue weighted by atomic mass is 32.2. The van der Waals surface area contributed by atoms with E-state index in [0.29, 0.717) is 18.6 Å². The second-order valence-electron chi connectivity index (χ2n) is 4.65. The quantitative estimate of drug-likeness (QED) is 0.817. The molecule has 1 heterocycles. The minimum absolute atomic E-state index is 0.00196. The third-order valence-corrected chi connectivity index (χ3v) is 4.62. The first-order valence-corrected chi connectivity index (χ1v) is 8.08. The summed E-state index contributed by atoms with van der Waals surface area (Å²) >= 11 is 0. The van der Waals surface area contributed by atoms with E-state index in [1.807, 2.05) is 12.1 Å². The molecular formula is C13H19NO4S. The summed E-state index contributed by atoms with van der Waals surface area (Å²) in [5, 5.41) is 10.0. The number of hydrogen-bond donors (Lipinski definition) is 2. The van der Waals surface area contributed by atoms with Gasteiger partial charge in [-0.2, -0.15) is 0 Å². The highest BCUT2D eigenvalue weighted by molar-refractivity contribution is 7.89. The zero-order chi connectivity index (χ0) is 13.9. The van der Waals surface area contributed by atoms with Crippen molar-refractivity contribution in [3.05, 3.63) is 29.3 Å². The normalized spacial score (nSPS) is 15.9. The molecule has 0 saturated carbocycles. The lowest BCUT2D eigenvalue weighted by molar-refractivity contribution is 0.182. The first-order chi connectivity index (χ1) is 9.02. The number of aliphatic hydroxyl groups excluding tert-OH is 1. The molecule has 19 heavy (non-hydrogen) atoms. The van der Waals surface area contributed by atoms with Gasteiger partial charge in [0.1, 0.15) is 5.75 Å². The van der Waals surface area contributed by atoms with Crippen LogP contribution in [0.2, 0.25) is 0 Å². The summed E-state index contributed by atoms with van der Waals surface area (Å²) in [4.78, 5) is 0. The third-order valence-electron chi connectivity index (χ3n) is 3.07. The van der Waals surface area contributed by atoms with E-state index in [1.54, 1.807) is 13.0 Å². The van der Waals surface area contributed by atoms with Crippen LogP contribution in [0.4, 0.5) is 0 Å². The Bertz CT molecular complexity index is 542. The monoisotopic (exact) mass is 285 g/mol. The number of hydrogen-bond acceptors (Lipinski definition) is 4. The summed E-state index contributed by atoms with van der Waals surface area (Å²) in [6, 6.07) is 5.46. The number of nitrogens with one attached hydrogen (secondary N) is 1. The molecule has 6 heteroatoms. The van der Waals surface area contributed by atoms with E-state index in [2.05, 4.69) is 4.72 Å². The fourth-order valence-electron chi connectivity index (χ4n) is 2.08. The molecule has 1 atom stereocenters. The van der Waals surface area contributed by atoms with E-state index >= 15 is 0 Å². The number of fused-ring (bicyclic) bond motifs is 1. The highest BCUT2D eigenvalue weighted by Gasteiger charge is 2.17. The molecule has 2 N–H and O–H groups in total. The Morgan fingerprint density at radius 3 is 3.00 bits per heavy atom. The maximum Gasteiger partial charge on any atom is 0.211 e. The van der Waals surface area contributed by atoms with Crippen molar-refractivity contribution in [1.82, 2.24) is 4.72 Å². The van der Waals surface area contributed by atoms with Crippen LogP contribution in [0.5, 0.6) is 5.75 Å². The smallest absolute Gasteiger partial charge is 0.211 e. The molecule has 1 aliphatic heterocycles. The summed E-state index contributed by atoms with van der Waals surface area (Å²) in [5.41, 5.74) is 1.77. The van der Waals surface area contributed by atoms with Gasteiger partial charge < -0.3 is 9.84 Å².